The van der Waals surface area contributed by atoms with Crippen molar-refractivity contribution in [2.75, 3.05) is 5.73 Å². The number of pyridine rings is 1. The molecule has 7 heteroatoms. The quantitative estimate of drug-likeness (QED) is 0.740. The largest absolute Gasteiger partial charge is 0.397 e. The van der Waals surface area contributed by atoms with Gasteiger partial charge in [-0.2, -0.15) is 4.98 Å². The molecule has 3 rings (SSSR count). The smallest absolute Gasteiger partial charge is 0.276 e. The van der Waals surface area contributed by atoms with Crippen molar-refractivity contribution in [1.29, 1.82) is 0 Å². The highest BCUT2D eigenvalue weighted by molar-refractivity contribution is 7.13. The van der Waals surface area contributed by atoms with Crippen LogP contribution in [0.25, 0.3) is 22.3 Å². The van der Waals surface area contributed by atoms with Crippen molar-refractivity contribution in [3.63, 3.8) is 0 Å². The van der Waals surface area contributed by atoms with Crippen LogP contribution in [0.3, 0.4) is 0 Å². The van der Waals surface area contributed by atoms with Crippen LogP contribution in [0.1, 0.15) is 0 Å². The summed E-state index contributed by atoms with van der Waals surface area (Å²) in [6.07, 6.45) is 3.24. The van der Waals surface area contributed by atoms with Crippen LogP contribution in [-0.2, 0) is 0 Å². The summed E-state index contributed by atoms with van der Waals surface area (Å²) in [5, 5.41) is 3.87. The molecule has 84 valence electrons. The predicted molar refractivity (Wildman–Crippen MR) is 63.0 cm³/mol. The third-order valence-electron chi connectivity index (χ3n) is 2.08. The molecule has 0 spiro atoms. The van der Waals surface area contributed by atoms with Crippen LogP contribution < -0.4 is 5.73 Å². The minimum Gasteiger partial charge on any atom is -0.397 e. The number of hydrogen-bond donors (Lipinski definition) is 1. The van der Waals surface area contributed by atoms with Gasteiger partial charge >= 0.3 is 0 Å². The van der Waals surface area contributed by atoms with Crippen molar-refractivity contribution >= 4 is 17.0 Å². The fourth-order valence-electron chi connectivity index (χ4n) is 1.29. The summed E-state index contributed by atoms with van der Waals surface area (Å²) < 4.78 is 5.13. The lowest BCUT2D eigenvalue weighted by Gasteiger charge is -1.93. The van der Waals surface area contributed by atoms with Crippen molar-refractivity contribution < 1.29 is 4.52 Å². The summed E-state index contributed by atoms with van der Waals surface area (Å²) in [4.78, 5) is 13.2. The molecule has 0 aromatic carbocycles. The predicted octanol–water partition coefficient (Wildman–Crippen LogP) is 1.84. The number of thiazole rings is 1. The van der Waals surface area contributed by atoms with E-state index in [0.717, 1.165) is 4.88 Å². The summed E-state index contributed by atoms with van der Waals surface area (Å²) in [5.74, 6) is 0.884. The molecule has 0 aliphatic rings. The van der Waals surface area contributed by atoms with Gasteiger partial charge in [0.1, 0.15) is 5.69 Å². The molecule has 0 unspecified atom stereocenters. The first-order chi connectivity index (χ1) is 8.33. The molecule has 0 saturated carbocycles. The van der Waals surface area contributed by atoms with Crippen LogP contribution >= 0.6 is 11.3 Å². The summed E-state index contributed by atoms with van der Waals surface area (Å²) in [6, 6.07) is 3.47. The van der Waals surface area contributed by atoms with Gasteiger partial charge < -0.3 is 10.3 Å². The summed E-state index contributed by atoms with van der Waals surface area (Å²) in [6.45, 7) is 0. The molecule has 0 fully saturated rings. The molecule has 3 aromatic heterocycles. The Kier molecular flexibility index (Phi) is 2.30. The molecule has 0 bridgehead atoms. The Labute approximate surface area is 100 Å². The second-order valence-corrected chi connectivity index (χ2v) is 4.15. The number of nitrogens with zero attached hydrogens (tertiary/aromatic N) is 4. The monoisotopic (exact) mass is 245 g/mol. The Morgan fingerprint density at radius 3 is 2.88 bits per heavy atom. The van der Waals surface area contributed by atoms with Gasteiger partial charge in [0.2, 0.25) is 5.82 Å². The van der Waals surface area contributed by atoms with E-state index in [0.29, 0.717) is 23.1 Å². The zero-order valence-corrected chi connectivity index (χ0v) is 9.39. The van der Waals surface area contributed by atoms with Gasteiger partial charge in [-0.1, -0.05) is 5.16 Å². The Balaban J connectivity index is 1.98. The van der Waals surface area contributed by atoms with Crippen LogP contribution in [0.5, 0.6) is 0 Å². The molecule has 2 N–H and O–H groups in total. The molecule has 3 aromatic rings. The van der Waals surface area contributed by atoms with Gasteiger partial charge in [0, 0.05) is 6.20 Å². The minimum atomic E-state index is 0.369. The van der Waals surface area contributed by atoms with Gasteiger partial charge in [-0.05, 0) is 12.1 Å². The van der Waals surface area contributed by atoms with Crippen molar-refractivity contribution in [3.05, 3.63) is 30.0 Å². The highest BCUT2D eigenvalue weighted by atomic mass is 32.1. The highest BCUT2D eigenvalue weighted by Crippen LogP contribution is 2.23. The Morgan fingerprint density at radius 2 is 2.18 bits per heavy atom. The second-order valence-electron chi connectivity index (χ2n) is 3.27. The minimum absolute atomic E-state index is 0.369. The number of hydrogen-bond acceptors (Lipinski definition) is 7. The molecule has 3 heterocycles. The van der Waals surface area contributed by atoms with Gasteiger partial charge in [-0.25, -0.2) is 4.98 Å². The van der Waals surface area contributed by atoms with E-state index >= 15 is 0 Å². The fourth-order valence-corrected chi connectivity index (χ4v) is 1.83. The van der Waals surface area contributed by atoms with E-state index in [9.17, 15) is 0 Å². The number of anilines is 1. The van der Waals surface area contributed by atoms with Gasteiger partial charge in [-0.3, -0.25) is 4.98 Å². The number of nitrogens with two attached hydrogens (primary N) is 1. The SMILES string of the molecule is Nc1ccc(-c2nc(-c3cncs3)no2)nc1. The Bertz CT molecular complexity index is 616. The van der Waals surface area contributed by atoms with Crippen molar-refractivity contribution in [3.8, 4) is 22.3 Å². The maximum absolute atomic E-state index is 5.55. The summed E-state index contributed by atoms with van der Waals surface area (Å²) >= 11 is 1.45. The lowest BCUT2D eigenvalue weighted by molar-refractivity contribution is 0.431. The third-order valence-corrected chi connectivity index (χ3v) is 2.85. The summed E-state index contributed by atoms with van der Waals surface area (Å²) in [5.41, 5.74) is 8.46. The van der Waals surface area contributed by atoms with Crippen molar-refractivity contribution in [2.45, 2.75) is 0 Å². The van der Waals surface area contributed by atoms with Gasteiger partial charge in [0.25, 0.3) is 5.89 Å². The van der Waals surface area contributed by atoms with E-state index in [1.165, 1.54) is 11.3 Å². The van der Waals surface area contributed by atoms with Crippen molar-refractivity contribution in [2.24, 2.45) is 0 Å². The highest BCUT2D eigenvalue weighted by Gasteiger charge is 2.12. The molecular weight excluding hydrogens is 238 g/mol. The van der Waals surface area contributed by atoms with E-state index in [1.807, 2.05) is 0 Å². The maximum atomic E-state index is 5.55. The molecule has 0 atom stereocenters. The second kappa shape index (κ2) is 3.95. The van der Waals surface area contributed by atoms with Crippen molar-refractivity contribution in [1.82, 2.24) is 20.1 Å². The first-order valence-corrected chi connectivity index (χ1v) is 5.65. The summed E-state index contributed by atoms with van der Waals surface area (Å²) in [7, 11) is 0. The maximum Gasteiger partial charge on any atom is 0.276 e. The van der Waals surface area contributed by atoms with E-state index < -0.39 is 0 Å². The van der Waals surface area contributed by atoms with Crippen LogP contribution in [0.15, 0.2) is 34.6 Å². The molecule has 17 heavy (non-hydrogen) atoms. The standard InChI is InChI=1S/C10H7N5OS/c11-6-1-2-7(13-3-6)10-14-9(15-16-10)8-4-12-5-17-8/h1-5H,11H2. The molecule has 0 amide bonds. The Morgan fingerprint density at radius 1 is 1.24 bits per heavy atom. The van der Waals surface area contributed by atoms with Crippen LogP contribution in [0.4, 0.5) is 5.69 Å². The van der Waals surface area contributed by atoms with Crippen LogP contribution in [-0.4, -0.2) is 20.1 Å². The first-order valence-electron chi connectivity index (χ1n) is 4.77. The first kappa shape index (κ1) is 9.91. The molecular formula is C10H7N5OS. The average molecular weight is 245 g/mol. The Hall–Kier alpha value is -2.28. The average Bonchev–Trinajstić information content (AvgIpc) is 3.00. The normalized spacial score (nSPS) is 10.6. The number of aromatic nitrogens is 4. The van der Waals surface area contributed by atoms with Gasteiger partial charge in [0.05, 0.1) is 22.3 Å². The molecule has 0 aliphatic carbocycles. The van der Waals surface area contributed by atoms with E-state index in [1.54, 1.807) is 30.0 Å². The number of rotatable bonds is 2. The van der Waals surface area contributed by atoms with E-state index in [4.69, 9.17) is 10.3 Å². The molecule has 0 saturated heterocycles. The lowest BCUT2D eigenvalue weighted by Crippen LogP contribution is -1.88. The number of nitrogen functional groups attached to an aromatic ring is 1. The van der Waals surface area contributed by atoms with E-state index in [2.05, 4.69) is 20.1 Å². The third kappa shape index (κ3) is 1.87. The zero-order chi connectivity index (χ0) is 11.7. The van der Waals surface area contributed by atoms with Crippen LogP contribution in [0, 0.1) is 0 Å². The molecule has 0 aliphatic heterocycles. The molecule has 0 radical (unpaired) electrons. The van der Waals surface area contributed by atoms with Gasteiger partial charge in [0.15, 0.2) is 0 Å². The van der Waals surface area contributed by atoms with Crippen LogP contribution in [0.2, 0.25) is 0 Å². The van der Waals surface area contributed by atoms with E-state index in [-0.39, 0.29) is 0 Å². The molecule has 6 nitrogen and oxygen atoms in total. The van der Waals surface area contributed by atoms with Gasteiger partial charge in [-0.15, -0.1) is 11.3 Å². The zero-order valence-electron chi connectivity index (χ0n) is 8.57. The lowest BCUT2D eigenvalue weighted by atomic mass is 10.3. The fraction of sp³-hybridized carbons (Fsp3) is 0. The topological polar surface area (TPSA) is 90.7 Å².